The molecule has 0 saturated heterocycles. The van der Waals surface area contributed by atoms with Crippen LogP contribution in [-0.4, -0.2) is 36.2 Å². The molecule has 0 saturated carbocycles. The molecule has 0 heterocycles. The molecule has 0 fully saturated rings. The fraction of sp³-hybridized carbons (Fsp3) is 0.647. The van der Waals surface area contributed by atoms with E-state index in [0.29, 0.717) is 12.1 Å². The SMILES string of the molecule is CC(N)Cc1ccc(OCCN(C(C)C)C(C)C)cc1. The van der Waals surface area contributed by atoms with Crippen LogP contribution in [0.2, 0.25) is 0 Å². The van der Waals surface area contributed by atoms with Crippen LogP contribution in [0.1, 0.15) is 40.2 Å². The monoisotopic (exact) mass is 278 g/mol. The van der Waals surface area contributed by atoms with E-state index in [0.717, 1.165) is 25.3 Å². The fourth-order valence-corrected chi connectivity index (χ4v) is 2.48. The van der Waals surface area contributed by atoms with Crippen molar-refractivity contribution < 1.29 is 4.74 Å². The van der Waals surface area contributed by atoms with Crippen LogP contribution in [0.3, 0.4) is 0 Å². The Balaban J connectivity index is 2.42. The van der Waals surface area contributed by atoms with E-state index < -0.39 is 0 Å². The number of hydrogen-bond donors (Lipinski definition) is 1. The van der Waals surface area contributed by atoms with Gasteiger partial charge in [-0.3, -0.25) is 4.90 Å². The van der Waals surface area contributed by atoms with Crippen molar-refractivity contribution in [2.45, 2.75) is 59.2 Å². The highest BCUT2D eigenvalue weighted by Crippen LogP contribution is 2.13. The number of nitrogens with zero attached hydrogens (tertiary/aromatic N) is 1. The first-order valence-electron chi connectivity index (χ1n) is 7.63. The van der Waals surface area contributed by atoms with Crippen LogP contribution in [-0.2, 0) is 6.42 Å². The lowest BCUT2D eigenvalue weighted by molar-refractivity contribution is 0.142. The Bertz CT molecular complexity index is 363. The Morgan fingerprint density at radius 2 is 1.55 bits per heavy atom. The summed E-state index contributed by atoms with van der Waals surface area (Å²) in [5.74, 6) is 0.936. The van der Waals surface area contributed by atoms with Crippen molar-refractivity contribution in [3.63, 3.8) is 0 Å². The Labute approximate surface area is 124 Å². The summed E-state index contributed by atoms with van der Waals surface area (Å²) < 4.78 is 5.82. The first-order valence-corrected chi connectivity index (χ1v) is 7.63. The highest BCUT2D eigenvalue weighted by Gasteiger charge is 2.12. The van der Waals surface area contributed by atoms with Crippen LogP contribution in [0.15, 0.2) is 24.3 Å². The molecular weight excluding hydrogens is 248 g/mol. The largest absolute Gasteiger partial charge is 0.492 e. The molecule has 1 aromatic rings. The third-order valence-corrected chi connectivity index (χ3v) is 3.43. The fourth-order valence-electron chi connectivity index (χ4n) is 2.48. The molecule has 1 unspecified atom stereocenters. The lowest BCUT2D eigenvalue weighted by Crippen LogP contribution is -2.39. The third kappa shape index (κ3) is 5.93. The Hall–Kier alpha value is -1.06. The van der Waals surface area contributed by atoms with Crippen LogP contribution in [0.25, 0.3) is 0 Å². The minimum Gasteiger partial charge on any atom is -0.492 e. The van der Waals surface area contributed by atoms with Gasteiger partial charge >= 0.3 is 0 Å². The second-order valence-corrected chi connectivity index (χ2v) is 6.10. The molecule has 1 aromatic carbocycles. The molecule has 0 bridgehead atoms. The molecule has 1 atom stereocenters. The van der Waals surface area contributed by atoms with E-state index in [4.69, 9.17) is 10.5 Å². The van der Waals surface area contributed by atoms with Crippen molar-refractivity contribution in [2.75, 3.05) is 13.2 Å². The average molecular weight is 278 g/mol. The van der Waals surface area contributed by atoms with E-state index in [1.54, 1.807) is 0 Å². The summed E-state index contributed by atoms with van der Waals surface area (Å²) in [5.41, 5.74) is 7.06. The van der Waals surface area contributed by atoms with Gasteiger partial charge in [0.2, 0.25) is 0 Å². The number of benzene rings is 1. The van der Waals surface area contributed by atoms with E-state index in [1.807, 2.05) is 19.1 Å². The standard InChI is InChI=1S/C17H30N2O/c1-13(2)19(14(3)4)10-11-20-17-8-6-16(7-9-17)12-15(5)18/h6-9,13-15H,10-12,18H2,1-5H3. The Kier molecular flexibility index (Phi) is 7.03. The molecular formula is C17H30N2O. The van der Waals surface area contributed by atoms with Crippen molar-refractivity contribution in [1.82, 2.24) is 4.90 Å². The number of nitrogens with two attached hydrogens (primary N) is 1. The van der Waals surface area contributed by atoms with Gasteiger partial charge in [0.15, 0.2) is 0 Å². The molecule has 2 N–H and O–H groups in total. The first kappa shape index (κ1) is 17.0. The zero-order valence-corrected chi connectivity index (χ0v) is 13.6. The molecule has 3 heteroatoms. The lowest BCUT2D eigenvalue weighted by Gasteiger charge is -2.30. The van der Waals surface area contributed by atoms with Gasteiger partial charge in [-0.05, 0) is 58.7 Å². The summed E-state index contributed by atoms with van der Waals surface area (Å²) in [7, 11) is 0. The molecule has 3 nitrogen and oxygen atoms in total. The van der Waals surface area contributed by atoms with Crippen molar-refractivity contribution in [3.8, 4) is 5.75 Å². The quantitative estimate of drug-likeness (QED) is 0.794. The van der Waals surface area contributed by atoms with Crippen molar-refractivity contribution in [3.05, 3.63) is 29.8 Å². The summed E-state index contributed by atoms with van der Waals surface area (Å²) in [6.45, 7) is 12.6. The molecule has 20 heavy (non-hydrogen) atoms. The van der Waals surface area contributed by atoms with Gasteiger partial charge in [-0.1, -0.05) is 12.1 Å². The van der Waals surface area contributed by atoms with E-state index in [1.165, 1.54) is 5.56 Å². The second kappa shape index (κ2) is 8.28. The molecule has 1 rings (SSSR count). The van der Waals surface area contributed by atoms with Crippen molar-refractivity contribution >= 4 is 0 Å². The summed E-state index contributed by atoms with van der Waals surface area (Å²) in [6, 6.07) is 9.56. The highest BCUT2D eigenvalue weighted by atomic mass is 16.5. The van der Waals surface area contributed by atoms with E-state index in [9.17, 15) is 0 Å². The van der Waals surface area contributed by atoms with Crippen LogP contribution in [0.5, 0.6) is 5.75 Å². The number of hydrogen-bond acceptors (Lipinski definition) is 3. The van der Waals surface area contributed by atoms with Gasteiger partial charge in [0, 0.05) is 24.7 Å². The predicted molar refractivity (Wildman–Crippen MR) is 86.3 cm³/mol. The van der Waals surface area contributed by atoms with Gasteiger partial charge in [-0.2, -0.15) is 0 Å². The maximum absolute atomic E-state index is 5.82. The van der Waals surface area contributed by atoms with Gasteiger partial charge in [0.1, 0.15) is 12.4 Å². The predicted octanol–water partition coefficient (Wildman–Crippen LogP) is 3.07. The van der Waals surface area contributed by atoms with Crippen molar-refractivity contribution in [1.29, 1.82) is 0 Å². The van der Waals surface area contributed by atoms with Gasteiger partial charge < -0.3 is 10.5 Å². The van der Waals surface area contributed by atoms with Crippen LogP contribution in [0, 0.1) is 0 Å². The van der Waals surface area contributed by atoms with Crippen molar-refractivity contribution in [2.24, 2.45) is 5.73 Å². The molecule has 0 radical (unpaired) electrons. The van der Waals surface area contributed by atoms with Crippen LogP contribution < -0.4 is 10.5 Å². The first-order chi connectivity index (χ1) is 9.40. The lowest BCUT2D eigenvalue weighted by atomic mass is 10.1. The normalized spacial score (nSPS) is 13.2. The Morgan fingerprint density at radius 1 is 1.00 bits per heavy atom. The molecule has 114 valence electrons. The third-order valence-electron chi connectivity index (χ3n) is 3.43. The van der Waals surface area contributed by atoms with Gasteiger partial charge in [-0.15, -0.1) is 0 Å². The summed E-state index contributed by atoms with van der Waals surface area (Å²) in [5, 5.41) is 0. The van der Waals surface area contributed by atoms with E-state index >= 15 is 0 Å². The summed E-state index contributed by atoms with van der Waals surface area (Å²) >= 11 is 0. The van der Waals surface area contributed by atoms with Gasteiger partial charge in [0.05, 0.1) is 0 Å². The molecule has 0 spiro atoms. The van der Waals surface area contributed by atoms with E-state index in [2.05, 4.69) is 44.7 Å². The number of ether oxygens (including phenoxy) is 1. The van der Waals surface area contributed by atoms with Crippen LogP contribution in [0.4, 0.5) is 0 Å². The molecule has 0 aliphatic rings. The summed E-state index contributed by atoms with van der Waals surface area (Å²) in [6.07, 6.45) is 0.911. The minimum atomic E-state index is 0.201. The minimum absolute atomic E-state index is 0.201. The molecule has 0 aliphatic carbocycles. The zero-order valence-electron chi connectivity index (χ0n) is 13.6. The maximum atomic E-state index is 5.82. The molecule has 0 aromatic heterocycles. The highest BCUT2D eigenvalue weighted by molar-refractivity contribution is 5.27. The topological polar surface area (TPSA) is 38.5 Å². The second-order valence-electron chi connectivity index (χ2n) is 6.10. The molecule has 0 aliphatic heterocycles. The molecule has 0 amide bonds. The maximum Gasteiger partial charge on any atom is 0.119 e. The Morgan fingerprint density at radius 3 is 2.00 bits per heavy atom. The summed E-state index contributed by atoms with van der Waals surface area (Å²) in [4.78, 5) is 2.43. The van der Waals surface area contributed by atoms with Crippen LogP contribution >= 0.6 is 0 Å². The van der Waals surface area contributed by atoms with Gasteiger partial charge in [-0.25, -0.2) is 0 Å². The van der Waals surface area contributed by atoms with E-state index in [-0.39, 0.29) is 6.04 Å². The van der Waals surface area contributed by atoms with Gasteiger partial charge in [0.25, 0.3) is 0 Å². The smallest absolute Gasteiger partial charge is 0.119 e. The number of rotatable bonds is 8. The zero-order chi connectivity index (χ0) is 15.1. The average Bonchev–Trinajstić information content (AvgIpc) is 2.35.